The molecule has 1 fully saturated rings. The average Bonchev–Trinajstić information content (AvgIpc) is 2.75. The molecule has 2 unspecified atom stereocenters. The summed E-state index contributed by atoms with van der Waals surface area (Å²) in [7, 11) is -8.37. The van der Waals surface area contributed by atoms with Gasteiger partial charge in [-0.1, -0.05) is 29.8 Å². The van der Waals surface area contributed by atoms with E-state index in [1.165, 1.54) is 17.0 Å². The van der Waals surface area contributed by atoms with Crippen molar-refractivity contribution in [2.24, 2.45) is 0 Å². The van der Waals surface area contributed by atoms with Crippen LogP contribution in [-0.2, 0) is 39.9 Å². The van der Waals surface area contributed by atoms with E-state index in [0.717, 1.165) is 12.5 Å². The van der Waals surface area contributed by atoms with Crippen molar-refractivity contribution in [3.63, 3.8) is 0 Å². The van der Waals surface area contributed by atoms with E-state index in [1.54, 1.807) is 30.3 Å². The number of nitrogens with one attached hydrogen (secondary N) is 1. The van der Waals surface area contributed by atoms with Gasteiger partial charge in [0.15, 0.2) is 0 Å². The third-order valence-corrected chi connectivity index (χ3v) is 6.94. The van der Waals surface area contributed by atoms with Crippen LogP contribution in [0.1, 0.15) is 17.2 Å². The molecule has 0 radical (unpaired) electrons. The van der Waals surface area contributed by atoms with Gasteiger partial charge in [-0.3, -0.25) is 0 Å². The van der Waals surface area contributed by atoms with E-state index >= 15 is 0 Å². The number of piperazine rings is 1. The van der Waals surface area contributed by atoms with Gasteiger partial charge in [0.2, 0.25) is 0 Å². The molecule has 2 aromatic carbocycles. The molecule has 2 heterocycles. The molecule has 36 heavy (non-hydrogen) atoms. The summed E-state index contributed by atoms with van der Waals surface area (Å²) in [5, 5.41) is 3.16. The van der Waals surface area contributed by atoms with E-state index in [4.69, 9.17) is 29.4 Å². The summed E-state index contributed by atoms with van der Waals surface area (Å²) >= 11 is 5.97. The highest BCUT2D eigenvalue weighted by molar-refractivity contribution is 7.86. The summed E-state index contributed by atoms with van der Waals surface area (Å²) in [5.74, 6) is -2.23. The first-order valence-corrected chi connectivity index (χ1v) is 14.9. The number of rotatable bonds is 8. The molecule has 2 aliphatic heterocycles. The number of benzene rings is 2. The van der Waals surface area contributed by atoms with Gasteiger partial charge in [-0.15, -0.1) is 0 Å². The van der Waals surface area contributed by atoms with E-state index in [-0.39, 0.29) is 31.3 Å². The summed E-state index contributed by atoms with van der Waals surface area (Å²) in [5.41, 5.74) is 1.09. The minimum absolute atomic E-state index is 0.0386. The first-order valence-electron chi connectivity index (χ1n) is 10.9. The van der Waals surface area contributed by atoms with Gasteiger partial charge in [-0.25, -0.2) is 17.7 Å². The van der Waals surface area contributed by atoms with Crippen LogP contribution in [0.2, 0.25) is 5.02 Å². The zero-order valence-electron chi connectivity index (χ0n) is 19.5. The second-order valence-corrected chi connectivity index (χ2v) is 12.2. The lowest BCUT2D eigenvalue weighted by molar-refractivity contribution is -0.255. The highest BCUT2D eigenvalue weighted by atomic mass is 35.5. The monoisotopic (exact) mass is 564 g/mol. The Kier molecular flexibility index (Phi) is 7.93. The van der Waals surface area contributed by atoms with E-state index in [2.05, 4.69) is 5.32 Å². The molecular formula is C22H26ClFN2O8S2. The maximum atomic E-state index is 13.8. The Morgan fingerprint density at radius 1 is 1.14 bits per heavy atom. The summed E-state index contributed by atoms with van der Waals surface area (Å²) in [6, 6.07) is 10.3. The minimum Gasteiger partial charge on any atom is -0.490 e. The number of ether oxygens (including phenoxy) is 2. The van der Waals surface area contributed by atoms with Gasteiger partial charge in [0.05, 0.1) is 31.7 Å². The van der Waals surface area contributed by atoms with Crippen LogP contribution in [0, 0.1) is 5.82 Å². The van der Waals surface area contributed by atoms with E-state index < -0.39 is 44.1 Å². The fourth-order valence-corrected chi connectivity index (χ4v) is 6.05. The van der Waals surface area contributed by atoms with Crippen LogP contribution < -0.4 is 10.1 Å². The zero-order valence-corrected chi connectivity index (χ0v) is 21.9. The largest absolute Gasteiger partial charge is 0.490 e. The van der Waals surface area contributed by atoms with E-state index in [0.29, 0.717) is 23.4 Å². The SMILES string of the molecule is CS(=O)(=O)OC1(OS(C)(=O)=O)CNCCN1C1c2ccccc2OCC1OCc1cc(F)cc(Cl)c1. The Balaban J connectivity index is 1.76. The molecule has 1 N–H and O–H groups in total. The summed E-state index contributed by atoms with van der Waals surface area (Å²) in [4.78, 5) is 1.51. The molecule has 4 rings (SSSR count). The van der Waals surface area contributed by atoms with Crippen molar-refractivity contribution in [2.45, 2.75) is 24.7 Å². The topological polar surface area (TPSA) is 120 Å². The van der Waals surface area contributed by atoms with Crippen LogP contribution in [0.15, 0.2) is 42.5 Å². The quantitative estimate of drug-likeness (QED) is 0.376. The molecule has 2 atom stereocenters. The number of nitrogens with zero attached hydrogens (tertiary/aromatic N) is 1. The molecule has 2 aromatic rings. The van der Waals surface area contributed by atoms with Gasteiger partial charge in [0.25, 0.3) is 26.1 Å². The molecule has 10 nitrogen and oxygen atoms in total. The van der Waals surface area contributed by atoms with Gasteiger partial charge in [-0.05, 0) is 29.8 Å². The third kappa shape index (κ3) is 6.53. The zero-order chi connectivity index (χ0) is 26.1. The third-order valence-electron chi connectivity index (χ3n) is 5.59. The summed E-state index contributed by atoms with van der Waals surface area (Å²) in [6.45, 7) is 0.272. The fraction of sp³-hybridized carbons (Fsp3) is 0.455. The van der Waals surface area contributed by atoms with Crippen LogP contribution in [-0.4, -0.2) is 72.5 Å². The molecule has 198 valence electrons. The van der Waals surface area contributed by atoms with Crippen molar-refractivity contribution in [1.82, 2.24) is 10.2 Å². The van der Waals surface area contributed by atoms with Crippen molar-refractivity contribution in [3.05, 3.63) is 64.4 Å². The van der Waals surface area contributed by atoms with Gasteiger partial charge in [0.1, 0.15) is 24.3 Å². The highest BCUT2D eigenvalue weighted by Crippen LogP contribution is 2.42. The van der Waals surface area contributed by atoms with Crippen LogP contribution in [0.25, 0.3) is 0 Å². The van der Waals surface area contributed by atoms with E-state index in [9.17, 15) is 21.2 Å². The number of para-hydroxylation sites is 1. The molecule has 14 heteroatoms. The Labute approximate surface area is 214 Å². The first-order chi connectivity index (χ1) is 16.9. The van der Waals surface area contributed by atoms with Crippen LogP contribution >= 0.6 is 11.6 Å². The van der Waals surface area contributed by atoms with Crippen molar-refractivity contribution < 1.29 is 39.1 Å². The molecule has 0 saturated carbocycles. The second kappa shape index (κ2) is 10.5. The van der Waals surface area contributed by atoms with Gasteiger partial charge >= 0.3 is 0 Å². The van der Waals surface area contributed by atoms with Gasteiger partial charge in [-0.2, -0.15) is 16.8 Å². The summed E-state index contributed by atoms with van der Waals surface area (Å²) in [6.07, 6.45) is 0.880. The average molecular weight is 565 g/mol. The fourth-order valence-electron chi connectivity index (χ4n) is 4.44. The lowest BCUT2D eigenvalue weighted by atomic mass is 9.95. The Hall–Kier alpha value is -1.84. The summed E-state index contributed by atoms with van der Waals surface area (Å²) < 4.78 is 85.6. The molecule has 2 aliphatic rings. The molecule has 0 spiro atoms. The Bertz CT molecular complexity index is 1270. The Morgan fingerprint density at radius 2 is 1.83 bits per heavy atom. The van der Waals surface area contributed by atoms with Gasteiger partial charge < -0.3 is 14.8 Å². The second-order valence-electron chi connectivity index (χ2n) is 8.58. The number of fused-ring (bicyclic) bond motifs is 1. The first kappa shape index (κ1) is 27.2. The minimum atomic E-state index is -4.19. The molecule has 0 aromatic heterocycles. The molecule has 0 amide bonds. The Morgan fingerprint density at radius 3 is 2.50 bits per heavy atom. The molecule has 0 bridgehead atoms. The normalized spacial score (nSPS) is 22.6. The van der Waals surface area contributed by atoms with Crippen molar-refractivity contribution in [3.8, 4) is 5.75 Å². The lowest BCUT2D eigenvalue weighted by Gasteiger charge is -2.50. The van der Waals surface area contributed by atoms with Crippen LogP contribution in [0.5, 0.6) is 5.75 Å². The molecular weight excluding hydrogens is 539 g/mol. The van der Waals surface area contributed by atoms with Crippen molar-refractivity contribution >= 4 is 31.8 Å². The predicted molar refractivity (Wildman–Crippen MR) is 129 cm³/mol. The number of halogens is 2. The van der Waals surface area contributed by atoms with Gasteiger partial charge in [0, 0.05) is 23.7 Å². The molecule has 0 aliphatic carbocycles. The van der Waals surface area contributed by atoms with Crippen LogP contribution in [0.4, 0.5) is 4.39 Å². The van der Waals surface area contributed by atoms with Crippen LogP contribution in [0.3, 0.4) is 0 Å². The smallest absolute Gasteiger partial charge is 0.275 e. The number of hydrogen-bond acceptors (Lipinski definition) is 10. The standard InChI is InChI=1S/C22H26ClFN2O8S2/c1-35(27,28)33-22(34-36(2,29)30)14-25-7-8-26(22)21-18-5-3-4-6-19(18)32-13-20(21)31-12-15-9-16(23)11-17(24)10-15/h3-6,9-11,20-21,25H,7-8,12-14H2,1-2H3. The van der Waals surface area contributed by atoms with Crippen molar-refractivity contribution in [1.29, 1.82) is 0 Å². The number of hydrogen-bond donors (Lipinski definition) is 1. The highest BCUT2D eigenvalue weighted by Gasteiger charge is 2.53. The predicted octanol–water partition coefficient (Wildman–Crippen LogP) is 2.01. The van der Waals surface area contributed by atoms with E-state index in [1.807, 2.05) is 0 Å². The maximum absolute atomic E-state index is 13.8. The maximum Gasteiger partial charge on any atom is 0.275 e. The molecule has 1 saturated heterocycles. The van der Waals surface area contributed by atoms with Crippen molar-refractivity contribution in [2.75, 3.05) is 38.8 Å². The lowest BCUT2D eigenvalue weighted by Crippen LogP contribution is -2.67.